The number of H-pyrrole nitrogens is 1. The van der Waals surface area contributed by atoms with E-state index in [1.807, 2.05) is 78.7 Å². The third kappa shape index (κ3) is 5.09. The van der Waals surface area contributed by atoms with Crippen molar-refractivity contribution in [2.75, 3.05) is 19.6 Å². The molecule has 0 aliphatic carbocycles. The predicted octanol–water partition coefficient (Wildman–Crippen LogP) is 6.00. The zero-order chi connectivity index (χ0) is 28.7. The van der Waals surface area contributed by atoms with Gasteiger partial charge in [0, 0.05) is 50.7 Å². The molecule has 7 nitrogen and oxygen atoms in total. The molecule has 3 atom stereocenters. The highest BCUT2D eigenvalue weighted by atomic mass is 35.5. The van der Waals surface area contributed by atoms with Gasteiger partial charge in [-0.25, -0.2) is 0 Å². The quantitative estimate of drug-likeness (QED) is 0.282. The van der Waals surface area contributed by atoms with Crippen molar-refractivity contribution >= 4 is 63.6 Å². The fraction of sp³-hybridized carbons (Fsp3) is 0.258. The number of hydrogen-bond acceptors (Lipinski definition) is 4. The molecule has 3 aromatic carbocycles. The van der Waals surface area contributed by atoms with Crippen molar-refractivity contribution in [2.24, 2.45) is 0 Å². The van der Waals surface area contributed by atoms with Gasteiger partial charge in [0.2, 0.25) is 17.7 Å². The van der Waals surface area contributed by atoms with Crippen LogP contribution in [0.3, 0.4) is 0 Å². The molecular formula is C31H28Cl2N4O3S. The normalized spacial score (nSPS) is 21.8. The van der Waals surface area contributed by atoms with Gasteiger partial charge in [-0.05, 0) is 48.9 Å². The van der Waals surface area contributed by atoms with Gasteiger partial charge in [-0.15, -0.1) is 11.8 Å². The van der Waals surface area contributed by atoms with Crippen LogP contribution in [-0.2, 0) is 14.4 Å². The van der Waals surface area contributed by atoms with Gasteiger partial charge in [-0.2, -0.15) is 0 Å². The van der Waals surface area contributed by atoms with E-state index in [0.29, 0.717) is 23.1 Å². The Morgan fingerprint density at radius 1 is 1.02 bits per heavy atom. The lowest BCUT2D eigenvalue weighted by atomic mass is 9.89. The first kappa shape index (κ1) is 27.7. The SMILES string of the molecule is C[C@@H](c1ccc(Cl)cc1)N1C(=O)C[C@@](Sc2ccccc2)(C(=O)N2CCNC(=O)C2)[C@@H]1c1c[nH]c2cc(Cl)ccc12. The number of nitrogens with zero attached hydrogens (tertiary/aromatic N) is 2. The molecule has 0 unspecified atom stereocenters. The summed E-state index contributed by atoms with van der Waals surface area (Å²) in [7, 11) is 0. The number of aromatic amines is 1. The van der Waals surface area contributed by atoms with Crippen LogP contribution in [0.2, 0.25) is 10.0 Å². The maximum absolute atomic E-state index is 14.8. The van der Waals surface area contributed by atoms with Crippen molar-refractivity contribution in [3.8, 4) is 0 Å². The fourth-order valence-electron chi connectivity index (χ4n) is 5.98. The molecule has 10 heteroatoms. The molecule has 2 aliphatic heterocycles. The van der Waals surface area contributed by atoms with Gasteiger partial charge in [0.1, 0.15) is 4.75 Å². The molecule has 0 spiro atoms. The minimum atomic E-state index is -1.24. The summed E-state index contributed by atoms with van der Waals surface area (Å²) < 4.78 is -1.24. The average Bonchev–Trinajstić information content (AvgIpc) is 3.50. The van der Waals surface area contributed by atoms with E-state index in [-0.39, 0.29) is 36.7 Å². The summed E-state index contributed by atoms with van der Waals surface area (Å²) >= 11 is 13.9. The summed E-state index contributed by atoms with van der Waals surface area (Å²) in [4.78, 5) is 49.0. The topological polar surface area (TPSA) is 85.5 Å². The zero-order valence-corrected chi connectivity index (χ0v) is 24.6. The molecule has 210 valence electrons. The van der Waals surface area contributed by atoms with Crippen LogP contribution < -0.4 is 5.32 Å². The highest BCUT2D eigenvalue weighted by Crippen LogP contribution is 2.56. The Morgan fingerprint density at radius 3 is 2.49 bits per heavy atom. The second kappa shape index (κ2) is 11.1. The Balaban J connectivity index is 1.56. The minimum absolute atomic E-state index is 0.0215. The first-order valence-corrected chi connectivity index (χ1v) is 15.0. The van der Waals surface area contributed by atoms with E-state index in [9.17, 15) is 14.4 Å². The number of likely N-dealkylation sites (tertiary alicyclic amines) is 1. The van der Waals surface area contributed by atoms with Crippen LogP contribution in [0.4, 0.5) is 0 Å². The molecule has 41 heavy (non-hydrogen) atoms. The third-order valence-electron chi connectivity index (χ3n) is 7.89. The molecule has 2 fully saturated rings. The molecule has 2 aliphatic rings. The summed E-state index contributed by atoms with van der Waals surface area (Å²) in [5, 5.41) is 4.87. The second-order valence-corrected chi connectivity index (χ2v) is 12.7. The van der Waals surface area contributed by atoms with E-state index in [1.165, 1.54) is 11.8 Å². The maximum atomic E-state index is 14.8. The van der Waals surface area contributed by atoms with Crippen LogP contribution in [0.15, 0.2) is 83.9 Å². The highest BCUT2D eigenvalue weighted by Gasteiger charge is 2.61. The zero-order valence-electron chi connectivity index (χ0n) is 22.3. The molecule has 6 rings (SSSR count). The monoisotopic (exact) mass is 606 g/mol. The lowest BCUT2D eigenvalue weighted by Gasteiger charge is -2.41. The molecule has 3 heterocycles. The Labute approximate surface area is 252 Å². The van der Waals surface area contributed by atoms with Gasteiger partial charge in [0.25, 0.3) is 0 Å². The van der Waals surface area contributed by atoms with Gasteiger partial charge in [0.15, 0.2) is 0 Å². The lowest BCUT2D eigenvalue weighted by molar-refractivity contribution is -0.140. The number of aromatic nitrogens is 1. The number of hydrogen-bond donors (Lipinski definition) is 2. The van der Waals surface area contributed by atoms with Crippen LogP contribution in [-0.4, -0.2) is 56.9 Å². The van der Waals surface area contributed by atoms with Crippen LogP contribution in [0.25, 0.3) is 10.9 Å². The largest absolute Gasteiger partial charge is 0.361 e. The van der Waals surface area contributed by atoms with Crippen molar-refractivity contribution < 1.29 is 14.4 Å². The van der Waals surface area contributed by atoms with Crippen molar-refractivity contribution in [1.82, 2.24) is 20.1 Å². The van der Waals surface area contributed by atoms with Gasteiger partial charge in [0.05, 0.1) is 25.0 Å². The van der Waals surface area contributed by atoms with E-state index in [0.717, 1.165) is 26.9 Å². The number of piperazine rings is 1. The van der Waals surface area contributed by atoms with Gasteiger partial charge < -0.3 is 20.1 Å². The standard InChI is InChI=1S/C31H28Cl2N4O3S/c1-19(20-7-9-21(32)10-8-20)37-28(39)16-31(41-23-5-3-2-4-6-23,30(40)36-14-13-34-27(38)18-36)29(37)25-17-35-26-15-22(33)11-12-24(25)26/h2-12,15,17,19,29,35H,13-14,16,18H2,1H3,(H,34,38)/t19-,29-,31-/m0/s1. The molecule has 0 saturated carbocycles. The lowest BCUT2D eigenvalue weighted by Crippen LogP contribution is -2.57. The number of nitrogens with one attached hydrogen (secondary N) is 2. The smallest absolute Gasteiger partial charge is 0.242 e. The Bertz CT molecular complexity index is 1630. The van der Waals surface area contributed by atoms with E-state index in [1.54, 1.807) is 17.0 Å². The average molecular weight is 608 g/mol. The summed E-state index contributed by atoms with van der Waals surface area (Å²) in [5.74, 6) is -0.578. The van der Waals surface area contributed by atoms with Gasteiger partial charge in [-0.3, -0.25) is 14.4 Å². The van der Waals surface area contributed by atoms with Crippen molar-refractivity contribution in [3.63, 3.8) is 0 Å². The van der Waals surface area contributed by atoms with E-state index in [4.69, 9.17) is 23.2 Å². The molecular weight excluding hydrogens is 579 g/mol. The first-order chi connectivity index (χ1) is 19.8. The summed E-state index contributed by atoms with van der Waals surface area (Å²) in [5.41, 5.74) is 2.54. The second-order valence-electron chi connectivity index (χ2n) is 10.4. The van der Waals surface area contributed by atoms with Gasteiger partial charge in [-0.1, -0.05) is 59.6 Å². The number of carbonyl (C=O) groups is 3. The Kier molecular flexibility index (Phi) is 7.49. The summed E-state index contributed by atoms with van der Waals surface area (Å²) in [6.07, 6.45) is 1.86. The van der Waals surface area contributed by atoms with Gasteiger partial charge >= 0.3 is 0 Å². The van der Waals surface area contributed by atoms with Crippen molar-refractivity contribution in [1.29, 1.82) is 0 Å². The van der Waals surface area contributed by atoms with E-state index >= 15 is 0 Å². The minimum Gasteiger partial charge on any atom is -0.361 e. The molecule has 2 saturated heterocycles. The fourth-order valence-corrected chi connectivity index (χ4v) is 7.75. The Morgan fingerprint density at radius 2 is 1.76 bits per heavy atom. The third-order valence-corrected chi connectivity index (χ3v) is 9.79. The van der Waals surface area contributed by atoms with Crippen LogP contribution >= 0.6 is 35.0 Å². The number of carbonyl (C=O) groups excluding carboxylic acids is 3. The van der Waals surface area contributed by atoms with Crippen molar-refractivity contribution in [3.05, 3.63) is 100 Å². The predicted molar refractivity (Wildman–Crippen MR) is 162 cm³/mol. The number of benzene rings is 3. The van der Waals surface area contributed by atoms with E-state index in [2.05, 4.69) is 10.3 Å². The number of rotatable bonds is 6. The molecule has 3 amide bonds. The molecule has 1 aromatic heterocycles. The maximum Gasteiger partial charge on any atom is 0.242 e. The molecule has 0 radical (unpaired) electrons. The summed E-state index contributed by atoms with van der Waals surface area (Å²) in [6.45, 7) is 2.67. The molecule has 0 bridgehead atoms. The first-order valence-electron chi connectivity index (χ1n) is 13.4. The number of fused-ring (bicyclic) bond motifs is 1. The van der Waals surface area contributed by atoms with E-state index < -0.39 is 10.8 Å². The van der Waals surface area contributed by atoms with Crippen LogP contribution in [0.1, 0.15) is 36.6 Å². The van der Waals surface area contributed by atoms with Crippen LogP contribution in [0, 0.1) is 0 Å². The molecule has 4 aromatic rings. The van der Waals surface area contributed by atoms with Crippen LogP contribution in [0.5, 0.6) is 0 Å². The summed E-state index contributed by atoms with van der Waals surface area (Å²) in [6, 6.07) is 21.6. The number of amides is 3. The molecule has 2 N–H and O–H groups in total. The highest BCUT2D eigenvalue weighted by molar-refractivity contribution is 8.01. The number of thioether (sulfide) groups is 1. The Hall–Kier alpha value is -3.46. The number of halogens is 2. The van der Waals surface area contributed by atoms with Crippen molar-refractivity contribution in [2.45, 2.75) is 35.1 Å².